The highest BCUT2D eigenvalue weighted by molar-refractivity contribution is 5.65. The van der Waals surface area contributed by atoms with Gasteiger partial charge in [0.25, 0.3) is 0 Å². The van der Waals surface area contributed by atoms with Gasteiger partial charge in [0.05, 0.1) is 5.69 Å². The molecular formula is C29H50N2. The van der Waals surface area contributed by atoms with Gasteiger partial charge in [0.2, 0.25) is 0 Å². The molecule has 0 spiro atoms. The zero-order valence-corrected chi connectivity index (χ0v) is 22.9. The first-order valence-electron chi connectivity index (χ1n) is 12.0. The molecule has 2 heteroatoms. The fourth-order valence-electron chi connectivity index (χ4n) is 4.14. The minimum Gasteiger partial charge on any atom is -0.309 e. The third-order valence-corrected chi connectivity index (χ3v) is 6.77. The Balaban J connectivity index is 3.34. The van der Waals surface area contributed by atoms with Crippen molar-refractivity contribution in [1.29, 1.82) is 0 Å². The Morgan fingerprint density at radius 3 is 1.90 bits per heavy atom. The molecule has 0 aromatic heterocycles. The summed E-state index contributed by atoms with van der Waals surface area (Å²) in [7, 11) is 4.36. The topological polar surface area (TPSA) is 6.48 Å². The predicted octanol–water partition coefficient (Wildman–Crippen LogP) is 8.30. The molecule has 0 radical (unpaired) electrons. The zero-order chi connectivity index (χ0) is 24.3. The maximum atomic E-state index is 4.13. The Labute approximate surface area is 194 Å². The molecule has 0 heterocycles. The molecule has 1 aromatic rings. The second-order valence-corrected chi connectivity index (χ2v) is 11.9. The molecule has 0 saturated carbocycles. The Morgan fingerprint density at radius 2 is 1.52 bits per heavy atom. The van der Waals surface area contributed by atoms with Crippen LogP contribution in [0.5, 0.6) is 0 Å². The van der Waals surface area contributed by atoms with Crippen molar-refractivity contribution in [2.75, 3.05) is 25.6 Å². The van der Waals surface area contributed by atoms with E-state index >= 15 is 0 Å². The fourth-order valence-corrected chi connectivity index (χ4v) is 4.14. The summed E-state index contributed by atoms with van der Waals surface area (Å²) in [5, 5.41) is 4.61. The number of rotatable bonds is 8. The number of hydrogen-bond acceptors (Lipinski definition) is 2. The third-order valence-electron chi connectivity index (χ3n) is 6.77. The normalized spacial score (nSPS) is 14.5. The van der Waals surface area contributed by atoms with Crippen molar-refractivity contribution < 1.29 is 0 Å². The lowest BCUT2D eigenvalue weighted by Gasteiger charge is -2.35. The largest absolute Gasteiger partial charge is 0.309 e. The number of hydrogen-bond donors (Lipinski definition) is 0. The summed E-state index contributed by atoms with van der Waals surface area (Å²) in [6, 6.07) is 4.70. The lowest BCUT2D eigenvalue weighted by atomic mass is 9.74. The molecule has 0 N–H and O–H groups in total. The van der Waals surface area contributed by atoms with Gasteiger partial charge in [-0.1, -0.05) is 100 Å². The van der Waals surface area contributed by atoms with E-state index in [0.29, 0.717) is 17.8 Å². The van der Waals surface area contributed by atoms with Gasteiger partial charge in [-0.25, -0.2) is 5.01 Å². The first-order chi connectivity index (χ1) is 14.0. The molecule has 0 fully saturated rings. The molecule has 0 amide bonds. The molecule has 0 aliphatic rings. The van der Waals surface area contributed by atoms with Gasteiger partial charge in [0.1, 0.15) is 0 Å². The number of allylic oxidation sites excluding steroid dienone is 1. The first kappa shape index (κ1) is 27.5. The van der Waals surface area contributed by atoms with E-state index in [1.807, 2.05) is 6.08 Å². The van der Waals surface area contributed by atoms with E-state index in [-0.39, 0.29) is 10.8 Å². The maximum Gasteiger partial charge on any atom is 0.0525 e. The smallest absolute Gasteiger partial charge is 0.0525 e. The molecule has 2 nitrogen and oxygen atoms in total. The van der Waals surface area contributed by atoms with Crippen molar-refractivity contribution in [1.82, 2.24) is 5.01 Å². The molecule has 0 aliphatic heterocycles. The molecular weight excluding hydrogens is 376 g/mol. The molecule has 0 saturated heterocycles. The van der Waals surface area contributed by atoms with E-state index in [1.54, 1.807) is 5.57 Å². The van der Waals surface area contributed by atoms with E-state index in [9.17, 15) is 0 Å². The van der Waals surface area contributed by atoms with E-state index < -0.39 is 0 Å². The zero-order valence-electron chi connectivity index (χ0n) is 22.9. The fraction of sp³-hybridized carbons (Fsp3) is 0.655. The first-order valence-corrected chi connectivity index (χ1v) is 12.0. The average molecular weight is 427 g/mol. The van der Waals surface area contributed by atoms with Crippen molar-refractivity contribution in [3.63, 3.8) is 0 Å². The molecule has 1 aromatic carbocycles. The second-order valence-electron chi connectivity index (χ2n) is 11.9. The summed E-state index contributed by atoms with van der Waals surface area (Å²) in [4.78, 5) is 0. The Bertz CT molecular complexity index is 769. The van der Waals surface area contributed by atoms with E-state index in [1.165, 1.54) is 22.4 Å². The molecule has 1 atom stereocenters. The van der Waals surface area contributed by atoms with Gasteiger partial charge in [0.15, 0.2) is 0 Å². The monoisotopic (exact) mass is 426 g/mol. The summed E-state index contributed by atoms with van der Waals surface area (Å²) in [6.45, 7) is 30.5. The van der Waals surface area contributed by atoms with Crippen LogP contribution in [0.4, 0.5) is 5.69 Å². The number of hydrazine groups is 1. The van der Waals surface area contributed by atoms with Crippen LogP contribution in [0.1, 0.15) is 98.8 Å². The van der Waals surface area contributed by atoms with Crippen molar-refractivity contribution in [2.45, 2.75) is 87.5 Å². The maximum absolute atomic E-state index is 4.13. The summed E-state index contributed by atoms with van der Waals surface area (Å²) in [6.07, 6.45) is 4.48. The van der Waals surface area contributed by atoms with E-state index in [2.05, 4.69) is 125 Å². The molecule has 0 aliphatic carbocycles. The highest BCUT2D eigenvalue weighted by atomic mass is 15.6. The van der Waals surface area contributed by atoms with Gasteiger partial charge in [-0.2, -0.15) is 0 Å². The molecule has 1 unspecified atom stereocenters. The van der Waals surface area contributed by atoms with Crippen LogP contribution in [0.2, 0.25) is 0 Å². The molecule has 176 valence electrons. The third kappa shape index (κ3) is 6.97. The number of anilines is 1. The van der Waals surface area contributed by atoms with Crippen molar-refractivity contribution >= 4 is 11.8 Å². The molecule has 0 bridgehead atoms. The van der Waals surface area contributed by atoms with E-state index in [0.717, 1.165) is 6.54 Å². The van der Waals surface area contributed by atoms with Crippen LogP contribution in [-0.4, -0.2) is 25.6 Å². The average Bonchev–Trinajstić information content (AvgIpc) is 2.64. The van der Waals surface area contributed by atoms with Crippen LogP contribution >= 0.6 is 0 Å². The van der Waals surface area contributed by atoms with Gasteiger partial charge >= 0.3 is 0 Å². The Kier molecular flexibility index (Phi) is 9.21. The lowest BCUT2D eigenvalue weighted by Crippen LogP contribution is -2.37. The number of benzene rings is 1. The van der Waals surface area contributed by atoms with E-state index in [4.69, 9.17) is 0 Å². The molecule has 31 heavy (non-hydrogen) atoms. The van der Waals surface area contributed by atoms with Crippen LogP contribution in [0.15, 0.2) is 30.4 Å². The van der Waals surface area contributed by atoms with Gasteiger partial charge in [-0.05, 0) is 57.4 Å². The lowest BCUT2D eigenvalue weighted by molar-refractivity contribution is 0.282. The SMILES string of the molecule is C=Cc1c(C(C)C)cc(N(C)N(C)C/C=C(/C(C)C)C(C)C(C)(C)C)cc1C(C)(C)C. The van der Waals surface area contributed by atoms with Gasteiger partial charge in [-0.3, -0.25) is 0 Å². The van der Waals surface area contributed by atoms with Gasteiger partial charge in [-0.15, -0.1) is 0 Å². The van der Waals surface area contributed by atoms with Gasteiger partial charge in [0, 0.05) is 20.6 Å². The van der Waals surface area contributed by atoms with Gasteiger partial charge < -0.3 is 5.01 Å². The minimum atomic E-state index is 0.0649. The van der Waals surface area contributed by atoms with Crippen molar-refractivity contribution in [2.24, 2.45) is 17.3 Å². The summed E-state index contributed by atoms with van der Waals surface area (Å²) in [5.41, 5.74) is 7.16. The predicted molar refractivity (Wildman–Crippen MR) is 142 cm³/mol. The second kappa shape index (κ2) is 10.4. The van der Waals surface area contributed by atoms with Crippen molar-refractivity contribution in [3.8, 4) is 0 Å². The number of nitrogens with zero attached hydrogens (tertiary/aromatic N) is 2. The van der Waals surface area contributed by atoms with Crippen LogP contribution in [0.3, 0.4) is 0 Å². The highest BCUT2D eigenvalue weighted by Gasteiger charge is 2.26. The van der Waals surface area contributed by atoms with Crippen LogP contribution in [0, 0.1) is 17.3 Å². The highest BCUT2D eigenvalue weighted by Crippen LogP contribution is 2.37. The Morgan fingerprint density at radius 1 is 0.968 bits per heavy atom. The Hall–Kier alpha value is -1.54. The van der Waals surface area contributed by atoms with Crippen LogP contribution in [0.25, 0.3) is 6.08 Å². The molecule has 1 rings (SSSR count). The standard InChI is InChI=1S/C29H50N2/c1-15-24-26(21(4)5)18-23(19-27(24)29(10,11)12)31(14)30(13)17-16-25(20(2)3)22(6)28(7,8)9/h15-16,18-22H,1,17H2,2-14H3/b25-16-. The van der Waals surface area contributed by atoms with Crippen molar-refractivity contribution in [3.05, 3.63) is 47.1 Å². The summed E-state index contributed by atoms with van der Waals surface area (Å²) in [5.74, 6) is 1.56. The quantitative estimate of drug-likeness (QED) is 0.305. The summed E-state index contributed by atoms with van der Waals surface area (Å²) < 4.78 is 0. The van der Waals surface area contributed by atoms with Crippen LogP contribution in [-0.2, 0) is 5.41 Å². The number of likely N-dealkylation sites (N-methyl/N-ethyl adjacent to an activating group) is 1. The van der Waals surface area contributed by atoms with Crippen LogP contribution < -0.4 is 5.01 Å². The summed E-state index contributed by atoms with van der Waals surface area (Å²) >= 11 is 0. The minimum absolute atomic E-state index is 0.0649.